The molecule has 3 nitrogen and oxygen atoms in total. The molecular formula is C20H27NO2. The fraction of sp³-hybridized carbons (Fsp3) is 0.600. The lowest BCUT2D eigenvalue weighted by Gasteiger charge is -2.60. The molecule has 1 heterocycles. The van der Waals surface area contributed by atoms with Gasteiger partial charge in [-0.15, -0.1) is 0 Å². The normalized spacial score (nSPS) is 36.0. The van der Waals surface area contributed by atoms with Crippen molar-refractivity contribution in [2.24, 2.45) is 11.8 Å². The number of benzene rings is 1. The molecule has 2 bridgehead atoms. The van der Waals surface area contributed by atoms with Gasteiger partial charge in [0.25, 0.3) is 0 Å². The van der Waals surface area contributed by atoms with Crippen molar-refractivity contribution in [2.75, 3.05) is 20.7 Å². The molecule has 1 fully saturated rings. The predicted octanol–water partition coefficient (Wildman–Crippen LogP) is 3.50. The minimum absolute atomic E-state index is 0.0578. The van der Waals surface area contributed by atoms with Gasteiger partial charge < -0.3 is 14.7 Å². The van der Waals surface area contributed by atoms with Crippen LogP contribution in [0.15, 0.2) is 23.8 Å². The average molecular weight is 313 g/mol. The number of aromatic hydroxyl groups is 1. The molecule has 124 valence electrons. The van der Waals surface area contributed by atoms with Gasteiger partial charge in [0.1, 0.15) is 0 Å². The number of nitrogens with zero attached hydrogens (tertiary/aromatic N) is 1. The number of methoxy groups -OCH3 is 1. The van der Waals surface area contributed by atoms with Crippen LogP contribution in [0.5, 0.6) is 11.5 Å². The van der Waals surface area contributed by atoms with Crippen LogP contribution in [0.2, 0.25) is 0 Å². The number of phenols is 1. The molecule has 1 aromatic rings. The molecule has 0 radical (unpaired) electrons. The summed E-state index contributed by atoms with van der Waals surface area (Å²) in [6.07, 6.45) is 5.71. The van der Waals surface area contributed by atoms with E-state index in [1.807, 2.05) is 6.07 Å². The maximum Gasteiger partial charge on any atom is 0.161 e. The van der Waals surface area contributed by atoms with E-state index in [2.05, 4.69) is 37.9 Å². The van der Waals surface area contributed by atoms with E-state index in [0.29, 0.717) is 29.4 Å². The first-order valence-corrected chi connectivity index (χ1v) is 8.77. The topological polar surface area (TPSA) is 32.7 Å². The molecule has 0 spiro atoms. The molecule has 3 unspecified atom stereocenters. The van der Waals surface area contributed by atoms with Crippen LogP contribution >= 0.6 is 0 Å². The summed E-state index contributed by atoms with van der Waals surface area (Å²) in [6.45, 7) is 5.72. The Morgan fingerprint density at radius 2 is 2.13 bits per heavy atom. The molecule has 1 N–H and O–H groups in total. The standard InChI is InChI=1S/C20H27NO2/c1-12-5-7-15-16-11-14-6-8-17(23-4)19(22)18(14)20(15,13(12)2)9-10-21(16)3/h5-6,8,13,15-16,22H,7,9-11H2,1-4H3/t13?,15?,16?,20-/m1/s1. The highest BCUT2D eigenvalue weighted by atomic mass is 16.5. The van der Waals surface area contributed by atoms with Crippen LogP contribution in [-0.4, -0.2) is 36.8 Å². The van der Waals surface area contributed by atoms with E-state index in [1.54, 1.807) is 7.11 Å². The number of likely N-dealkylation sites (N-methyl/N-ethyl adjacent to an activating group) is 1. The largest absolute Gasteiger partial charge is 0.504 e. The molecule has 1 aromatic carbocycles. The van der Waals surface area contributed by atoms with Gasteiger partial charge in [-0.05, 0) is 63.2 Å². The Morgan fingerprint density at radius 3 is 2.87 bits per heavy atom. The molecule has 4 rings (SSSR count). The first-order valence-electron chi connectivity index (χ1n) is 8.77. The van der Waals surface area contributed by atoms with Gasteiger partial charge in [-0.3, -0.25) is 0 Å². The second-order valence-electron chi connectivity index (χ2n) is 7.71. The fourth-order valence-corrected chi connectivity index (χ4v) is 5.68. The first kappa shape index (κ1) is 15.1. The molecule has 2 aliphatic carbocycles. The Morgan fingerprint density at radius 1 is 1.35 bits per heavy atom. The van der Waals surface area contributed by atoms with Gasteiger partial charge in [0.15, 0.2) is 11.5 Å². The van der Waals surface area contributed by atoms with Crippen LogP contribution in [-0.2, 0) is 11.8 Å². The van der Waals surface area contributed by atoms with Crippen LogP contribution in [0.4, 0.5) is 0 Å². The van der Waals surface area contributed by atoms with Crippen LogP contribution < -0.4 is 4.74 Å². The van der Waals surface area contributed by atoms with Crippen molar-refractivity contribution in [3.8, 4) is 11.5 Å². The Bertz CT molecular complexity index is 680. The maximum atomic E-state index is 11.0. The second-order valence-corrected chi connectivity index (χ2v) is 7.71. The third-order valence-corrected chi connectivity index (χ3v) is 7.06. The van der Waals surface area contributed by atoms with Crippen LogP contribution in [0.25, 0.3) is 0 Å². The first-order chi connectivity index (χ1) is 11.0. The summed E-state index contributed by atoms with van der Waals surface area (Å²) >= 11 is 0. The molecule has 3 heteroatoms. The number of likely N-dealkylation sites (tertiary alicyclic amines) is 1. The molecule has 3 aliphatic rings. The Kier molecular flexibility index (Phi) is 3.28. The molecule has 0 saturated carbocycles. The smallest absolute Gasteiger partial charge is 0.161 e. The number of hydrogen-bond acceptors (Lipinski definition) is 3. The van der Waals surface area contributed by atoms with E-state index in [4.69, 9.17) is 4.74 Å². The van der Waals surface area contributed by atoms with Gasteiger partial charge in [0.2, 0.25) is 0 Å². The quantitative estimate of drug-likeness (QED) is 0.806. The van der Waals surface area contributed by atoms with E-state index in [-0.39, 0.29) is 5.41 Å². The summed E-state index contributed by atoms with van der Waals surface area (Å²) in [4.78, 5) is 2.54. The predicted molar refractivity (Wildman–Crippen MR) is 92.1 cm³/mol. The number of piperidine rings is 1. The van der Waals surface area contributed by atoms with Crippen molar-refractivity contribution in [1.29, 1.82) is 0 Å². The summed E-state index contributed by atoms with van der Waals surface area (Å²) in [5.41, 5.74) is 4.03. The number of ether oxygens (including phenoxy) is 1. The highest BCUT2D eigenvalue weighted by Crippen LogP contribution is 2.60. The zero-order valence-corrected chi connectivity index (χ0v) is 14.6. The SMILES string of the molecule is COc1ccc2c(c1O)[C@@]13CCN(C)C(C2)C1CC=C(C)C3C. The number of phenolic OH excluding ortho intramolecular Hbond substituents is 1. The van der Waals surface area contributed by atoms with E-state index in [0.717, 1.165) is 25.8 Å². The second kappa shape index (κ2) is 5.01. The average Bonchev–Trinajstić information content (AvgIpc) is 2.54. The number of hydrogen-bond donors (Lipinski definition) is 1. The summed E-state index contributed by atoms with van der Waals surface area (Å²) in [5.74, 6) is 2.06. The zero-order chi connectivity index (χ0) is 16.4. The van der Waals surface area contributed by atoms with Crippen molar-refractivity contribution in [3.05, 3.63) is 34.9 Å². The summed E-state index contributed by atoms with van der Waals surface area (Å²) < 4.78 is 5.43. The van der Waals surface area contributed by atoms with Gasteiger partial charge >= 0.3 is 0 Å². The van der Waals surface area contributed by atoms with Gasteiger partial charge in [0.05, 0.1) is 7.11 Å². The van der Waals surface area contributed by atoms with Crippen LogP contribution in [0.3, 0.4) is 0 Å². The van der Waals surface area contributed by atoms with Crippen molar-refractivity contribution < 1.29 is 9.84 Å². The number of fused-ring (bicyclic) bond motifs is 1. The molecular weight excluding hydrogens is 286 g/mol. The van der Waals surface area contributed by atoms with Crippen molar-refractivity contribution in [2.45, 2.75) is 44.6 Å². The molecule has 0 aromatic heterocycles. The summed E-state index contributed by atoms with van der Waals surface area (Å²) in [5, 5.41) is 11.0. The van der Waals surface area contributed by atoms with Crippen molar-refractivity contribution in [1.82, 2.24) is 4.90 Å². The summed E-state index contributed by atoms with van der Waals surface area (Å²) in [6, 6.07) is 4.69. The van der Waals surface area contributed by atoms with Gasteiger partial charge in [0, 0.05) is 17.0 Å². The Balaban J connectivity index is 2.00. The monoisotopic (exact) mass is 313 g/mol. The molecule has 0 amide bonds. The molecule has 1 saturated heterocycles. The minimum Gasteiger partial charge on any atom is -0.504 e. The van der Waals surface area contributed by atoms with Crippen LogP contribution in [0, 0.1) is 11.8 Å². The number of rotatable bonds is 1. The highest BCUT2D eigenvalue weighted by molar-refractivity contribution is 5.57. The van der Waals surface area contributed by atoms with E-state index >= 15 is 0 Å². The Hall–Kier alpha value is -1.48. The highest BCUT2D eigenvalue weighted by Gasteiger charge is 2.57. The van der Waals surface area contributed by atoms with Crippen molar-refractivity contribution in [3.63, 3.8) is 0 Å². The van der Waals surface area contributed by atoms with Crippen molar-refractivity contribution >= 4 is 0 Å². The van der Waals surface area contributed by atoms with Crippen LogP contribution in [0.1, 0.15) is 37.8 Å². The van der Waals surface area contributed by atoms with E-state index < -0.39 is 0 Å². The molecule has 4 atom stereocenters. The Labute approximate surface area is 139 Å². The van der Waals surface area contributed by atoms with E-state index in [1.165, 1.54) is 16.7 Å². The maximum absolute atomic E-state index is 11.0. The van der Waals surface area contributed by atoms with Gasteiger partial charge in [-0.1, -0.05) is 24.6 Å². The molecule has 23 heavy (non-hydrogen) atoms. The lowest BCUT2D eigenvalue weighted by atomic mass is 9.49. The third-order valence-electron chi connectivity index (χ3n) is 7.06. The summed E-state index contributed by atoms with van der Waals surface area (Å²) in [7, 11) is 3.91. The third kappa shape index (κ3) is 1.80. The van der Waals surface area contributed by atoms with Gasteiger partial charge in [-0.25, -0.2) is 0 Å². The lowest BCUT2D eigenvalue weighted by Crippen LogP contribution is -2.62. The molecule has 1 aliphatic heterocycles. The zero-order valence-electron chi connectivity index (χ0n) is 14.6. The van der Waals surface area contributed by atoms with Gasteiger partial charge in [-0.2, -0.15) is 0 Å². The minimum atomic E-state index is 0.0578. The van der Waals surface area contributed by atoms with E-state index in [9.17, 15) is 5.11 Å². The number of allylic oxidation sites excluding steroid dienone is 2. The fourth-order valence-electron chi connectivity index (χ4n) is 5.68. The lowest BCUT2D eigenvalue weighted by molar-refractivity contribution is 0.00240.